The number of benzene rings is 2. The first kappa shape index (κ1) is 20.0. The fraction of sp³-hybridized carbons (Fsp3) is 0.280. The van der Waals surface area contributed by atoms with Gasteiger partial charge in [-0.1, -0.05) is 17.7 Å². The quantitative estimate of drug-likeness (QED) is 0.496. The summed E-state index contributed by atoms with van der Waals surface area (Å²) in [4.78, 5) is 14.8. The lowest BCUT2D eigenvalue weighted by atomic mass is 10.2. The number of aromatic nitrogens is 1. The third kappa shape index (κ3) is 4.15. The summed E-state index contributed by atoms with van der Waals surface area (Å²) in [5.74, 6) is -0.202. The van der Waals surface area contributed by atoms with E-state index in [1.807, 2.05) is 24.3 Å². The van der Waals surface area contributed by atoms with Gasteiger partial charge in [0.1, 0.15) is 0 Å². The summed E-state index contributed by atoms with van der Waals surface area (Å²) < 4.78 is 2.19. The molecule has 0 radical (unpaired) electrons. The van der Waals surface area contributed by atoms with Crippen molar-refractivity contribution in [3.8, 4) is 5.69 Å². The largest absolute Gasteiger partial charge is 0.372 e. The molecule has 0 bridgehead atoms. The maximum atomic E-state index is 12.4. The number of amides is 1. The Morgan fingerprint density at radius 2 is 1.57 bits per heavy atom. The highest BCUT2D eigenvalue weighted by Crippen LogP contribution is 2.21. The first-order valence-corrected chi connectivity index (χ1v) is 10.5. The maximum absolute atomic E-state index is 12.4. The van der Waals surface area contributed by atoms with E-state index >= 15 is 0 Å². The number of nitrogens with zero attached hydrogens (tertiary/aromatic N) is 3. The van der Waals surface area contributed by atoms with Crippen molar-refractivity contribution in [1.82, 2.24) is 9.99 Å². The topological polar surface area (TPSA) is 49.6 Å². The highest BCUT2D eigenvalue weighted by Gasteiger charge is 2.13. The monoisotopic (exact) mass is 400 g/mol. The summed E-state index contributed by atoms with van der Waals surface area (Å²) in [6.07, 6.45) is 4.19. The number of aryl methyl sites for hydroxylation is 2. The number of nitrogens with one attached hydrogen (secondary N) is 1. The van der Waals surface area contributed by atoms with Gasteiger partial charge in [-0.05, 0) is 76.1 Å². The van der Waals surface area contributed by atoms with E-state index in [0.29, 0.717) is 5.56 Å². The SMILES string of the molecule is Cc1ccc(-n2c(C)cc(/C=N/NC(=O)c3ccc(N4CCCC4)cc3)c2C)cc1. The molecule has 0 spiro atoms. The van der Waals surface area contributed by atoms with Gasteiger partial charge >= 0.3 is 0 Å². The molecule has 5 nitrogen and oxygen atoms in total. The van der Waals surface area contributed by atoms with Crippen molar-refractivity contribution in [2.24, 2.45) is 5.10 Å². The van der Waals surface area contributed by atoms with Crippen LogP contribution >= 0.6 is 0 Å². The molecular weight excluding hydrogens is 372 g/mol. The fourth-order valence-electron chi connectivity index (χ4n) is 4.03. The molecule has 0 saturated carbocycles. The van der Waals surface area contributed by atoms with Gasteiger partial charge < -0.3 is 9.47 Å². The minimum atomic E-state index is -0.202. The summed E-state index contributed by atoms with van der Waals surface area (Å²) in [5, 5.41) is 4.19. The molecule has 4 rings (SSSR count). The first-order chi connectivity index (χ1) is 14.5. The zero-order valence-electron chi connectivity index (χ0n) is 17.9. The summed E-state index contributed by atoms with van der Waals surface area (Å²) in [5.41, 5.74) is 9.99. The van der Waals surface area contributed by atoms with Gasteiger partial charge in [0.2, 0.25) is 0 Å². The van der Waals surface area contributed by atoms with Gasteiger partial charge in [0.15, 0.2) is 0 Å². The summed E-state index contributed by atoms with van der Waals surface area (Å²) >= 11 is 0. The lowest BCUT2D eigenvalue weighted by Crippen LogP contribution is -2.19. The zero-order valence-corrected chi connectivity index (χ0v) is 17.9. The number of carbonyl (C=O) groups is 1. The van der Waals surface area contributed by atoms with Crippen LogP contribution < -0.4 is 10.3 Å². The second kappa shape index (κ2) is 8.57. The lowest BCUT2D eigenvalue weighted by Gasteiger charge is -2.17. The van der Waals surface area contributed by atoms with Crippen LogP contribution in [-0.4, -0.2) is 29.8 Å². The number of anilines is 1. The Morgan fingerprint density at radius 1 is 0.933 bits per heavy atom. The summed E-state index contributed by atoms with van der Waals surface area (Å²) in [7, 11) is 0. The van der Waals surface area contributed by atoms with Crippen molar-refractivity contribution >= 4 is 17.8 Å². The van der Waals surface area contributed by atoms with Crippen LogP contribution in [0.4, 0.5) is 5.69 Å². The summed E-state index contributed by atoms with van der Waals surface area (Å²) in [6.45, 7) is 8.41. The molecule has 3 aromatic rings. The van der Waals surface area contributed by atoms with Gasteiger partial charge in [-0.15, -0.1) is 0 Å². The van der Waals surface area contributed by atoms with E-state index in [1.54, 1.807) is 6.21 Å². The second-order valence-corrected chi connectivity index (χ2v) is 7.94. The van der Waals surface area contributed by atoms with Gasteiger partial charge in [-0.2, -0.15) is 5.10 Å². The Morgan fingerprint density at radius 3 is 2.23 bits per heavy atom. The van der Waals surface area contributed by atoms with Crippen LogP contribution in [0, 0.1) is 20.8 Å². The first-order valence-electron chi connectivity index (χ1n) is 10.5. The number of rotatable bonds is 5. The predicted octanol–water partition coefficient (Wildman–Crippen LogP) is 4.77. The highest BCUT2D eigenvalue weighted by molar-refractivity contribution is 5.95. The zero-order chi connectivity index (χ0) is 21.1. The molecule has 1 aromatic heterocycles. The van der Waals surface area contributed by atoms with Gasteiger partial charge in [0.25, 0.3) is 5.91 Å². The standard InChI is InChI=1S/C25H28N4O/c1-18-6-10-24(11-7-18)29-19(2)16-22(20(29)3)17-26-27-25(30)21-8-12-23(13-9-21)28-14-4-5-15-28/h6-13,16-17H,4-5,14-15H2,1-3H3,(H,27,30)/b26-17+. The van der Waals surface area contributed by atoms with Crippen molar-refractivity contribution < 1.29 is 4.79 Å². The Hall–Kier alpha value is -3.34. The molecule has 1 aliphatic rings. The molecule has 2 aromatic carbocycles. The predicted molar refractivity (Wildman–Crippen MR) is 123 cm³/mol. The van der Waals surface area contributed by atoms with Crippen LogP contribution in [0.2, 0.25) is 0 Å². The lowest BCUT2D eigenvalue weighted by molar-refractivity contribution is 0.0955. The van der Waals surface area contributed by atoms with Crippen LogP contribution in [-0.2, 0) is 0 Å². The molecule has 30 heavy (non-hydrogen) atoms. The Bertz CT molecular complexity index is 1060. The van der Waals surface area contributed by atoms with Crippen LogP contribution in [0.15, 0.2) is 59.7 Å². The van der Waals surface area contributed by atoms with E-state index in [4.69, 9.17) is 0 Å². The molecule has 154 valence electrons. The molecule has 1 saturated heterocycles. The van der Waals surface area contributed by atoms with Crippen molar-refractivity contribution in [2.75, 3.05) is 18.0 Å². The third-order valence-electron chi connectivity index (χ3n) is 5.73. The van der Waals surface area contributed by atoms with Crippen molar-refractivity contribution in [1.29, 1.82) is 0 Å². The van der Waals surface area contributed by atoms with Crippen molar-refractivity contribution in [2.45, 2.75) is 33.6 Å². The maximum Gasteiger partial charge on any atom is 0.271 e. The van der Waals surface area contributed by atoms with E-state index in [9.17, 15) is 4.79 Å². The number of hydrogen-bond donors (Lipinski definition) is 1. The van der Waals surface area contributed by atoms with Crippen LogP contribution in [0.25, 0.3) is 5.69 Å². The Balaban J connectivity index is 1.43. The van der Waals surface area contributed by atoms with Gasteiger partial charge in [0, 0.05) is 47.0 Å². The molecule has 5 heteroatoms. The number of carbonyl (C=O) groups excluding carboxylic acids is 1. The van der Waals surface area contributed by atoms with E-state index in [0.717, 1.165) is 35.7 Å². The molecule has 0 atom stereocenters. The van der Waals surface area contributed by atoms with Crippen LogP contribution in [0.5, 0.6) is 0 Å². The number of hydrogen-bond acceptors (Lipinski definition) is 3. The van der Waals surface area contributed by atoms with Crippen molar-refractivity contribution in [3.05, 3.63) is 82.7 Å². The van der Waals surface area contributed by atoms with Gasteiger partial charge in [0.05, 0.1) is 6.21 Å². The summed E-state index contributed by atoms with van der Waals surface area (Å²) in [6, 6.07) is 18.3. The van der Waals surface area contributed by atoms with E-state index in [-0.39, 0.29) is 5.91 Å². The van der Waals surface area contributed by atoms with Gasteiger partial charge in [-0.25, -0.2) is 5.43 Å². The minimum absolute atomic E-state index is 0.202. The van der Waals surface area contributed by atoms with Gasteiger partial charge in [-0.3, -0.25) is 4.79 Å². The molecule has 1 N–H and O–H groups in total. The van der Waals surface area contributed by atoms with E-state index in [2.05, 4.69) is 71.1 Å². The van der Waals surface area contributed by atoms with Crippen LogP contribution in [0.1, 0.15) is 45.7 Å². The smallest absolute Gasteiger partial charge is 0.271 e. The Labute approximate surface area is 178 Å². The fourth-order valence-corrected chi connectivity index (χ4v) is 4.03. The third-order valence-corrected chi connectivity index (χ3v) is 5.73. The Kier molecular flexibility index (Phi) is 5.70. The normalized spacial score (nSPS) is 13.9. The van der Waals surface area contributed by atoms with E-state index in [1.165, 1.54) is 24.1 Å². The molecule has 1 fully saturated rings. The molecule has 1 amide bonds. The average Bonchev–Trinajstić information content (AvgIpc) is 3.38. The van der Waals surface area contributed by atoms with Crippen molar-refractivity contribution in [3.63, 3.8) is 0 Å². The molecular formula is C25H28N4O. The second-order valence-electron chi connectivity index (χ2n) is 7.94. The average molecular weight is 401 g/mol. The molecule has 0 aliphatic carbocycles. The molecule has 1 aliphatic heterocycles. The highest BCUT2D eigenvalue weighted by atomic mass is 16.2. The molecule has 0 unspecified atom stereocenters. The minimum Gasteiger partial charge on any atom is -0.372 e. The number of hydrazone groups is 1. The van der Waals surface area contributed by atoms with Crippen LogP contribution in [0.3, 0.4) is 0 Å². The van der Waals surface area contributed by atoms with E-state index < -0.39 is 0 Å². The molecule has 2 heterocycles.